The van der Waals surface area contributed by atoms with Crippen molar-refractivity contribution in [1.29, 1.82) is 0 Å². The number of hydrogen-bond acceptors (Lipinski definition) is 5. The Morgan fingerprint density at radius 2 is 1.96 bits per heavy atom. The lowest BCUT2D eigenvalue weighted by molar-refractivity contribution is 0.0948. The molecule has 0 atom stereocenters. The predicted molar refractivity (Wildman–Crippen MR) is 106 cm³/mol. The van der Waals surface area contributed by atoms with Gasteiger partial charge in [-0.25, -0.2) is 4.98 Å². The van der Waals surface area contributed by atoms with Gasteiger partial charge in [-0.05, 0) is 51.1 Å². The number of aryl methyl sites for hydroxylation is 2. The van der Waals surface area contributed by atoms with Crippen LogP contribution in [0.3, 0.4) is 0 Å². The third-order valence-electron chi connectivity index (χ3n) is 4.34. The van der Waals surface area contributed by atoms with Gasteiger partial charge in [0.25, 0.3) is 11.5 Å². The van der Waals surface area contributed by atoms with Crippen molar-refractivity contribution in [3.8, 4) is 11.6 Å². The molecule has 3 heterocycles. The first-order chi connectivity index (χ1) is 13.5. The highest BCUT2D eigenvalue weighted by Gasteiger charge is 2.14. The van der Waals surface area contributed by atoms with Crippen molar-refractivity contribution in [2.24, 2.45) is 0 Å². The highest BCUT2D eigenvalue weighted by Crippen LogP contribution is 2.22. The van der Waals surface area contributed by atoms with Gasteiger partial charge in [0.15, 0.2) is 0 Å². The SMILES string of the molecule is CCn1c(C)ccc(C(=O)NCc2cccnc2Oc2ccc(C)nc2)c1=O. The summed E-state index contributed by atoms with van der Waals surface area (Å²) in [5.74, 6) is 0.503. The second kappa shape index (κ2) is 8.47. The summed E-state index contributed by atoms with van der Waals surface area (Å²) >= 11 is 0. The number of nitrogens with zero attached hydrogens (tertiary/aromatic N) is 3. The van der Waals surface area contributed by atoms with E-state index in [1.165, 1.54) is 0 Å². The van der Waals surface area contributed by atoms with Crippen LogP contribution in [0, 0.1) is 13.8 Å². The average molecular weight is 378 g/mol. The molecule has 0 fully saturated rings. The summed E-state index contributed by atoms with van der Waals surface area (Å²) < 4.78 is 7.36. The number of pyridine rings is 3. The maximum Gasteiger partial charge on any atom is 0.263 e. The molecule has 0 bridgehead atoms. The topological polar surface area (TPSA) is 86.1 Å². The molecule has 3 aromatic heterocycles. The Kier molecular flexibility index (Phi) is 5.84. The number of aromatic nitrogens is 3. The fraction of sp³-hybridized carbons (Fsp3) is 0.238. The lowest BCUT2D eigenvalue weighted by Crippen LogP contribution is -2.33. The number of hydrogen-bond donors (Lipinski definition) is 1. The summed E-state index contributed by atoms with van der Waals surface area (Å²) in [4.78, 5) is 33.4. The molecule has 0 aromatic carbocycles. The average Bonchev–Trinajstić information content (AvgIpc) is 2.69. The van der Waals surface area contributed by atoms with E-state index in [-0.39, 0.29) is 17.7 Å². The number of carbonyl (C=O) groups excluding carboxylic acids is 1. The number of carbonyl (C=O) groups is 1. The van der Waals surface area contributed by atoms with E-state index in [0.29, 0.717) is 23.7 Å². The van der Waals surface area contributed by atoms with Crippen molar-refractivity contribution in [2.75, 3.05) is 0 Å². The quantitative estimate of drug-likeness (QED) is 0.713. The number of amides is 1. The first-order valence-corrected chi connectivity index (χ1v) is 9.02. The van der Waals surface area contributed by atoms with Gasteiger partial charge >= 0.3 is 0 Å². The second-order valence-corrected chi connectivity index (χ2v) is 6.33. The molecule has 0 unspecified atom stereocenters. The van der Waals surface area contributed by atoms with Crippen LogP contribution >= 0.6 is 0 Å². The molecule has 0 aliphatic heterocycles. The molecule has 1 N–H and O–H groups in total. The molecule has 0 saturated carbocycles. The Morgan fingerprint density at radius 1 is 1.14 bits per heavy atom. The first-order valence-electron chi connectivity index (χ1n) is 9.02. The van der Waals surface area contributed by atoms with Crippen LogP contribution in [0.4, 0.5) is 0 Å². The molecule has 3 rings (SSSR count). The minimum absolute atomic E-state index is 0.113. The predicted octanol–water partition coefficient (Wildman–Crippen LogP) is 3.00. The Bertz CT molecular complexity index is 1040. The van der Waals surface area contributed by atoms with E-state index in [9.17, 15) is 9.59 Å². The number of nitrogens with one attached hydrogen (secondary N) is 1. The third kappa shape index (κ3) is 4.25. The van der Waals surface area contributed by atoms with Crippen molar-refractivity contribution in [2.45, 2.75) is 33.9 Å². The standard InChI is InChI=1S/C21H22N4O3/c1-4-25-15(3)8-10-18(21(25)27)19(26)24-12-16-6-5-11-22-20(16)28-17-9-7-14(2)23-13-17/h5-11,13H,4,12H2,1-3H3,(H,24,26). The Balaban J connectivity index is 1.76. The molecule has 0 radical (unpaired) electrons. The van der Waals surface area contributed by atoms with Crippen LogP contribution < -0.4 is 15.6 Å². The summed E-state index contributed by atoms with van der Waals surface area (Å²) in [6.07, 6.45) is 3.23. The Hall–Kier alpha value is -3.48. The molecule has 3 aromatic rings. The summed E-state index contributed by atoms with van der Waals surface area (Å²) in [7, 11) is 0. The molecule has 7 nitrogen and oxygen atoms in total. The molecule has 7 heteroatoms. The minimum atomic E-state index is -0.431. The van der Waals surface area contributed by atoms with Gasteiger partial charge in [0.2, 0.25) is 5.88 Å². The third-order valence-corrected chi connectivity index (χ3v) is 4.34. The van der Waals surface area contributed by atoms with E-state index in [1.54, 1.807) is 41.2 Å². The zero-order chi connectivity index (χ0) is 20.1. The minimum Gasteiger partial charge on any atom is -0.437 e. The van der Waals surface area contributed by atoms with Crippen molar-refractivity contribution in [1.82, 2.24) is 19.9 Å². The fourth-order valence-corrected chi connectivity index (χ4v) is 2.78. The normalized spacial score (nSPS) is 10.5. The zero-order valence-electron chi connectivity index (χ0n) is 16.1. The van der Waals surface area contributed by atoms with E-state index in [1.807, 2.05) is 32.9 Å². The van der Waals surface area contributed by atoms with Gasteiger partial charge in [-0.2, -0.15) is 0 Å². The Morgan fingerprint density at radius 3 is 2.68 bits per heavy atom. The van der Waals surface area contributed by atoms with E-state index in [2.05, 4.69) is 15.3 Å². The monoisotopic (exact) mass is 378 g/mol. The second-order valence-electron chi connectivity index (χ2n) is 6.33. The van der Waals surface area contributed by atoms with Crippen LogP contribution in [-0.4, -0.2) is 20.4 Å². The van der Waals surface area contributed by atoms with Gasteiger partial charge in [-0.1, -0.05) is 6.07 Å². The van der Waals surface area contributed by atoms with E-state index in [0.717, 1.165) is 11.4 Å². The molecule has 28 heavy (non-hydrogen) atoms. The van der Waals surface area contributed by atoms with Crippen molar-refractivity contribution >= 4 is 5.91 Å². The largest absolute Gasteiger partial charge is 0.437 e. The molecule has 0 aliphatic carbocycles. The lowest BCUT2D eigenvalue weighted by atomic mass is 10.2. The Labute approximate surface area is 163 Å². The molecule has 0 aliphatic rings. The lowest BCUT2D eigenvalue weighted by Gasteiger charge is -2.12. The van der Waals surface area contributed by atoms with Crippen LogP contribution in [-0.2, 0) is 13.1 Å². The van der Waals surface area contributed by atoms with Gasteiger partial charge in [-0.3, -0.25) is 14.6 Å². The molecule has 0 saturated heterocycles. The van der Waals surface area contributed by atoms with Gasteiger partial charge in [0, 0.05) is 36.2 Å². The number of rotatable bonds is 6. The zero-order valence-corrected chi connectivity index (χ0v) is 16.1. The fourth-order valence-electron chi connectivity index (χ4n) is 2.78. The highest BCUT2D eigenvalue weighted by atomic mass is 16.5. The van der Waals surface area contributed by atoms with Crippen LogP contribution in [0.25, 0.3) is 0 Å². The maximum atomic E-state index is 12.5. The summed E-state index contributed by atoms with van der Waals surface area (Å²) in [5, 5.41) is 2.77. The van der Waals surface area contributed by atoms with Crippen LogP contribution in [0.15, 0.2) is 53.6 Å². The smallest absolute Gasteiger partial charge is 0.263 e. The van der Waals surface area contributed by atoms with Crippen LogP contribution in [0.5, 0.6) is 11.6 Å². The summed E-state index contributed by atoms with van der Waals surface area (Å²) in [6, 6.07) is 10.5. The molecule has 144 valence electrons. The first kappa shape index (κ1) is 19.3. The van der Waals surface area contributed by atoms with Gasteiger partial charge in [0.1, 0.15) is 11.3 Å². The van der Waals surface area contributed by atoms with Crippen molar-refractivity contribution < 1.29 is 9.53 Å². The molecule has 0 spiro atoms. The summed E-state index contributed by atoms with van der Waals surface area (Å²) in [5.41, 5.74) is 2.21. The van der Waals surface area contributed by atoms with Crippen molar-refractivity contribution in [3.63, 3.8) is 0 Å². The van der Waals surface area contributed by atoms with Crippen molar-refractivity contribution in [3.05, 3.63) is 81.7 Å². The van der Waals surface area contributed by atoms with E-state index in [4.69, 9.17) is 4.74 Å². The highest BCUT2D eigenvalue weighted by molar-refractivity contribution is 5.93. The van der Waals surface area contributed by atoms with Crippen LogP contribution in [0.1, 0.15) is 34.2 Å². The molecular weight excluding hydrogens is 356 g/mol. The molecule has 1 amide bonds. The van der Waals surface area contributed by atoms with E-state index >= 15 is 0 Å². The van der Waals surface area contributed by atoms with Crippen LogP contribution in [0.2, 0.25) is 0 Å². The van der Waals surface area contributed by atoms with Gasteiger partial charge in [0.05, 0.1) is 6.20 Å². The van der Waals surface area contributed by atoms with E-state index < -0.39 is 5.91 Å². The molecular formula is C21H22N4O3. The van der Waals surface area contributed by atoms with Gasteiger partial charge < -0.3 is 14.6 Å². The summed E-state index contributed by atoms with van der Waals surface area (Å²) in [6.45, 7) is 6.29. The number of ether oxygens (including phenoxy) is 1. The van der Waals surface area contributed by atoms with Gasteiger partial charge in [-0.15, -0.1) is 0 Å². The maximum absolute atomic E-state index is 12.5.